The Hall–Kier alpha value is -2.34. The number of nitrogens with one attached hydrogen (secondary N) is 2. The summed E-state index contributed by atoms with van der Waals surface area (Å²) in [6.45, 7) is 1.36. The molecule has 0 atom stereocenters. The number of anilines is 1. The number of H-pyrrole nitrogens is 1. The molecular formula is C16H16N4OS. The fourth-order valence-corrected chi connectivity index (χ4v) is 3.81. The molecule has 6 heteroatoms. The van der Waals surface area contributed by atoms with Crippen molar-refractivity contribution in [3.63, 3.8) is 0 Å². The lowest BCUT2D eigenvalue weighted by Gasteiger charge is -2.25. The lowest BCUT2D eigenvalue weighted by Crippen LogP contribution is -2.35. The summed E-state index contributed by atoms with van der Waals surface area (Å²) in [6, 6.07) is 9.88. The number of thiazole rings is 1. The standard InChI is InChI=1S/C16H16N4OS/c1-17-16-19-12-6-7-20(9-14(12)22-16)15(21)13-8-10-4-2-3-5-11(10)18-13/h2-5,8,18H,6-7,9H2,1H3,(H,17,19). The number of rotatable bonds is 2. The van der Waals surface area contributed by atoms with Crippen molar-refractivity contribution in [1.29, 1.82) is 0 Å². The Labute approximate surface area is 132 Å². The Bertz CT molecular complexity index is 818. The number of carbonyl (C=O) groups excluding carboxylic acids is 1. The average Bonchev–Trinajstić information content (AvgIpc) is 3.16. The summed E-state index contributed by atoms with van der Waals surface area (Å²) < 4.78 is 0. The highest BCUT2D eigenvalue weighted by Gasteiger charge is 2.25. The number of benzene rings is 1. The van der Waals surface area contributed by atoms with Crippen LogP contribution in [0.3, 0.4) is 0 Å². The summed E-state index contributed by atoms with van der Waals surface area (Å²) >= 11 is 1.63. The molecule has 2 N–H and O–H groups in total. The van der Waals surface area contributed by atoms with Gasteiger partial charge < -0.3 is 15.2 Å². The van der Waals surface area contributed by atoms with Crippen molar-refractivity contribution in [3.05, 3.63) is 46.6 Å². The molecule has 1 aromatic carbocycles. The van der Waals surface area contributed by atoms with Crippen LogP contribution in [0, 0.1) is 0 Å². The topological polar surface area (TPSA) is 61.0 Å². The van der Waals surface area contributed by atoms with E-state index < -0.39 is 0 Å². The molecule has 0 saturated carbocycles. The van der Waals surface area contributed by atoms with Crippen LogP contribution in [0.2, 0.25) is 0 Å². The molecule has 0 saturated heterocycles. The predicted octanol–water partition coefficient (Wildman–Crippen LogP) is 2.86. The number of para-hydroxylation sites is 1. The summed E-state index contributed by atoms with van der Waals surface area (Å²) in [6.07, 6.45) is 0.819. The van der Waals surface area contributed by atoms with Crippen molar-refractivity contribution in [3.8, 4) is 0 Å². The number of amides is 1. The number of aromatic amines is 1. The van der Waals surface area contributed by atoms with Crippen LogP contribution in [0.4, 0.5) is 5.13 Å². The van der Waals surface area contributed by atoms with E-state index in [1.54, 1.807) is 11.3 Å². The summed E-state index contributed by atoms with van der Waals surface area (Å²) in [5.74, 6) is 0.0567. The fraction of sp³-hybridized carbons (Fsp3) is 0.250. The van der Waals surface area contributed by atoms with Crippen molar-refractivity contribution in [2.24, 2.45) is 0 Å². The van der Waals surface area contributed by atoms with E-state index in [0.29, 0.717) is 18.8 Å². The summed E-state index contributed by atoms with van der Waals surface area (Å²) in [5, 5.41) is 5.07. The van der Waals surface area contributed by atoms with Gasteiger partial charge >= 0.3 is 0 Å². The van der Waals surface area contributed by atoms with Crippen LogP contribution >= 0.6 is 11.3 Å². The second-order valence-corrected chi connectivity index (χ2v) is 6.47. The Morgan fingerprint density at radius 1 is 1.41 bits per heavy atom. The van der Waals surface area contributed by atoms with E-state index in [0.717, 1.165) is 28.1 Å². The zero-order chi connectivity index (χ0) is 15.1. The second kappa shape index (κ2) is 5.14. The third-order valence-corrected chi connectivity index (χ3v) is 5.09. The largest absolute Gasteiger partial charge is 0.365 e. The lowest BCUT2D eigenvalue weighted by atomic mass is 10.1. The number of hydrogen-bond acceptors (Lipinski definition) is 4. The summed E-state index contributed by atoms with van der Waals surface area (Å²) in [4.78, 5) is 23.5. The molecule has 0 unspecified atom stereocenters. The molecule has 0 radical (unpaired) electrons. The first-order valence-corrected chi connectivity index (χ1v) is 8.09. The van der Waals surface area contributed by atoms with Gasteiger partial charge in [-0.25, -0.2) is 4.98 Å². The van der Waals surface area contributed by atoms with Gasteiger partial charge in [-0.1, -0.05) is 29.5 Å². The van der Waals surface area contributed by atoms with E-state index in [1.807, 2.05) is 42.3 Å². The van der Waals surface area contributed by atoms with Crippen molar-refractivity contribution >= 4 is 33.3 Å². The number of aromatic nitrogens is 2. The van der Waals surface area contributed by atoms with Gasteiger partial charge in [0.05, 0.1) is 12.2 Å². The molecule has 0 fully saturated rings. The highest BCUT2D eigenvalue weighted by Crippen LogP contribution is 2.29. The third-order valence-electron chi connectivity index (χ3n) is 3.99. The molecule has 0 spiro atoms. The maximum absolute atomic E-state index is 12.7. The van der Waals surface area contributed by atoms with E-state index in [2.05, 4.69) is 15.3 Å². The molecule has 0 aliphatic carbocycles. The van der Waals surface area contributed by atoms with Gasteiger partial charge in [0.25, 0.3) is 5.91 Å². The Kier molecular flexibility index (Phi) is 3.11. The highest BCUT2D eigenvalue weighted by molar-refractivity contribution is 7.15. The minimum absolute atomic E-state index is 0.0567. The molecule has 22 heavy (non-hydrogen) atoms. The molecule has 0 bridgehead atoms. The van der Waals surface area contributed by atoms with Gasteiger partial charge in [-0.2, -0.15) is 0 Å². The lowest BCUT2D eigenvalue weighted by molar-refractivity contribution is 0.0731. The maximum Gasteiger partial charge on any atom is 0.270 e. The summed E-state index contributed by atoms with van der Waals surface area (Å²) in [7, 11) is 1.87. The molecule has 2 aromatic heterocycles. The first kappa shape index (κ1) is 13.3. The first-order chi connectivity index (χ1) is 10.7. The van der Waals surface area contributed by atoms with Crippen molar-refractivity contribution < 1.29 is 4.79 Å². The minimum Gasteiger partial charge on any atom is -0.365 e. The minimum atomic E-state index is 0.0567. The maximum atomic E-state index is 12.7. The van der Waals surface area contributed by atoms with Gasteiger partial charge in [0.1, 0.15) is 5.69 Å². The molecule has 112 valence electrons. The van der Waals surface area contributed by atoms with E-state index >= 15 is 0 Å². The van der Waals surface area contributed by atoms with Crippen LogP contribution in [-0.4, -0.2) is 34.4 Å². The molecule has 3 aromatic rings. The second-order valence-electron chi connectivity index (χ2n) is 5.39. The van der Waals surface area contributed by atoms with E-state index in [9.17, 15) is 4.79 Å². The van der Waals surface area contributed by atoms with Crippen LogP contribution in [-0.2, 0) is 13.0 Å². The molecule has 1 aliphatic heterocycles. The van der Waals surface area contributed by atoms with Gasteiger partial charge in [0, 0.05) is 35.8 Å². The van der Waals surface area contributed by atoms with Crippen LogP contribution < -0.4 is 5.32 Å². The van der Waals surface area contributed by atoms with Gasteiger partial charge in [-0.15, -0.1) is 0 Å². The van der Waals surface area contributed by atoms with Crippen molar-refractivity contribution in [2.45, 2.75) is 13.0 Å². The van der Waals surface area contributed by atoms with E-state index in [-0.39, 0.29) is 5.91 Å². The van der Waals surface area contributed by atoms with Crippen molar-refractivity contribution in [1.82, 2.24) is 14.9 Å². The number of nitrogens with zero attached hydrogens (tertiary/aromatic N) is 2. The number of fused-ring (bicyclic) bond motifs is 2. The van der Waals surface area contributed by atoms with Crippen molar-refractivity contribution in [2.75, 3.05) is 18.9 Å². The van der Waals surface area contributed by atoms with Gasteiger partial charge in [0.2, 0.25) is 0 Å². The molecule has 1 aliphatic rings. The first-order valence-electron chi connectivity index (χ1n) is 7.28. The number of hydrogen-bond donors (Lipinski definition) is 2. The van der Waals surface area contributed by atoms with Gasteiger partial charge in [-0.05, 0) is 12.1 Å². The van der Waals surface area contributed by atoms with E-state index in [1.165, 1.54) is 4.88 Å². The smallest absolute Gasteiger partial charge is 0.270 e. The zero-order valence-corrected chi connectivity index (χ0v) is 13.0. The molecule has 4 rings (SSSR count). The average molecular weight is 312 g/mol. The Morgan fingerprint density at radius 2 is 2.27 bits per heavy atom. The predicted molar refractivity (Wildman–Crippen MR) is 88.4 cm³/mol. The summed E-state index contributed by atoms with van der Waals surface area (Å²) in [5.41, 5.74) is 2.77. The van der Waals surface area contributed by atoms with Gasteiger partial charge in [0.15, 0.2) is 5.13 Å². The monoisotopic (exact) mass is 312 g/mol. The zero-order valence-electron chi connectivity index (χ0n) is 12.2. The third kappa shape index (κ3) is 2.16. The van der Waals surface area contributed by atoms with Crippen LogP contribution in [0.25, 0.3) is 10.9 Å². The molecule has 3 heterocycles. The molecule has 1 amide bonds. The fourth-order valence-electron chi connectivity index (χ4n) is 2.83. The quantitative estimate of drug-likeness (QED) is 0.765. The normalized spacial score (nSPS) is 14.1. The van der Waals surface area contributed by atoms with E-state index in [4.69, 9.17) is 0 Å². The Morgan fingerprint density at radius 3 is 3.09 bits per heavy atom. The van der Waals surface area contributed by atoms with Crippen LogP contribution in [0.5, 0.6) is 0 Å². The van der Waals surface area contributed by atoms with Crippen LogP contribution in [0.1, 0.15) is 21.1 Å². The Balaban J connectivity index is 1.60. The van der Waals surface area contributed by atoms with Crippen LogP contribution in [0.15, 0.2) is 30.3 Å². The molecular weight excluding hydrogens is 296 g/mol. The molecule has 5 nitrogen and oxygen atoms in total. The number of carbonyl (C=O) groups is 1. The highest BCUT2D eigenvalue weighted by atomic mass is 32.1. The SMILES string of the molecule is CNc1nc2c(s1)CN(C(=O)c1cc3ccccc3[nH]1)CC2. The van der Waals surface area contributed by atoms with Gasteiger partial charge in [-0.3, -0.25) is 4.79 Å².